The lowest BCUT2D eigenvalue weighted by Crippen LogP contribution is -2.48. The number of piperazine rings is 1. The third kappa shape index (κ3) is 2.36. The second-order valence-corrected chi connectivity index (χ2v) is 4.14. The molecule has 3 heterocycles. The maximum atomic E-state index is 11.4. The van der Waals surface area contributed by atoms with Crippen molar-refractivity contribution in [1.29, 1.82) is 0 Å². The summed E-state index contributed by atoms with van der Waals surface area (Å²) < 4.78 is 1.63. The first-order valence-corrected chi connectivity index (χ1v) is 5.99. The molecule has 0 bridgehead atoms. The molecular formula is C10H13N9O. The Morgan fingerprint density at radius 1 is 1.30 bits per heavy atom. The number of aromatic nitrogens is 5. The highest BCUT2D eigenvalue weighted by Crippen LogP contribution is 2.13. The molecule has 0 atom stereocenters. The van der Waals surface area contributed by atoms with Crippen molar-refractivity contribution in [2.75, 3.05) is 30.0 Å². The quantitative estimate of drug-likeness (QED) is 0.446. The topological polar surface area (TPSA) is 127 Å². The summed E-state index contributed by atoms with van der Waals surface area (Å²) >= 11 is 0. The SMILES string of the molecule is NNc1nc(N2CCNC(=O)C2)nc(-n2ccnc2)n1. The maximum Gasteiger partial charge on any atom is 0.243 e. The van der Waals surface area contributed by atoms with Gasteiger partial charge in [-0.05, 0) is 0 Å². The van der Waals surface area contributed by atoms with Gasteiger partial charge >= 0.3 is 0 Å². The van der Waals surface area contributed by atoms with Gasteiger partial charge in [-0.1, -0.05) is 0 Å². The number of rotatable bonds is 3. The Kier molecular flexibility index (Phi) is 3.13. The summed E-state index contributed by atoms with van der Waals surface area (Å²) in [6, 6.07) is 0. The molecule has 20 heavy (non-hydrogen) atoms. The van der Waals surface area contributed by atoms with Crippen LogP contribution in [-0.4, -0.2) is 50.0 Å². The number of hydrogen-bond donors (Lipinski definition) is 3. The Balaban J connectivity index is 1.98. The summed E-state index contributed by atoms with van der Waals surface area (Å²) in [7, 11) is 0. The average Bonchev–Trinajstić information content (AvgIpc) is 3.01. The highest BCUT2D eigenvalue weighted by Gasteiger charge is 2.20. The van der Waals surface area contributed by atoms with Crippen molar-refractivity contribution in [2.45, 2.75) is 0 Å². The fourth-order valence-corrected chi connectivity index (χ4v) is 1.86. The van der Waals surface area contributed by atoms with Crippen LogP contribution in [-0.2, 0) is 4.79 Å². The molecule has 0 aliphatic carbocycles. The van der Waals surface area contributed by atoms with E-state index in [2.05, 4.69) is 30.7 Å². The molecule has 1 aliphatic heterocycles. The Bertz CT molecular complexity index is 611. The number of nitrogens with two attached hydrogens (primary N) is 1. The molecule has 0 unspecified atom stereocenters. The molecule has 0 spiro atoms. The maximum absolute atomic E-state index is 11.4. The van der Waals surface area contributed by atoms with Gasteiger partial charge in [-0.3, -0.25) is 14.8 Å². The first kappa shape index (κ1) is 12.3. The van der Waals surface area contributed by atoms with Crippen molar-refractivity contribution < 1.29 is 4.79 Å². The minimum Gasteiger partial charge on any atom is -0.353 e. The van der Waals surface area contributed by atoms with E-state index >= 15 is 0 Å². The van der Waals surface area contributed by atoms with Crippen LogP contribution in [0.3, 0.4) is 0 Å². The summed E-state index contributed by atoms with van der Waals surface area (Å²) in [6.45, 7) is 1.39. The van der Waals surface area contributed by atoms with E-state index in [1.165, 1.54) is 0 Å². The minimum atomic E-state index is -0.0666. The van der Waals surface area contributed by atoms with Gasteiger partial charge in [0.25, 0.3) is 0 Å². The first-order valence-electron chi connectivity index (χ1n) is 5.99. The van der Waals surface area contributed by atoms with Crippen LogP contribution in [0.2, 0.25) is 0 Å². The van der Waals surface area contributed by atoms with Crippen molar-refractivity contribution in [3.05, 3.63) is 18.7 Å². The summed E-state index contributed by atoms with van der Waals surface area (Å²) in [5.74, 6) is 6.31. The normalized spacial score (nSPS) is 15.1. The predicted molar refractivity (Wildman–Crippen MR) is 70.0 cm³/mol. The zero-order valence-corrected chi connectivity index (χ0v) is 10.5. The number of amides is 1. The van der Waals surface area contributed by atoms with Crippen LogP contribution in [0.4, 0.5) is 11.9 Å². The molecule has 104 valence electrons. The van der Waals surface area contributed by atoms with Crippen molar-refractivity contribution in [3.8, 4) is 5.95 Å². The smallest absolute Gasteiger partial charge is 0.243 e. The fourth-order valence-electron chi connectivity index (χ4n) is 1.86. The van der Waals surface area contributed by atoms with Crippen LogP contribution in [0, 0.1) is 0 Å². The van der Waals surface area contributed by atoms with Gasteiger partial charge in [-0.25, -0.2) is 10.8 Å². The summed E-state index contributed by atoms with van der Waals surface area (Å²) in [4.78, 5) is 29.8. The van der Waals surface area contributed by atoms with Crippen LogP contribution in [0.15, 0.2) is 18.7 Å². The number of imidazole rings is 1. The largest absolute Gasteiger partial charge is 0.353 e. The Labute approximate surface area is 114 Å². The van der Waals surface area contributed by atoms with Crippen molar-refractivity contribution in [1.82, 2.24) is 29.8 Å². The molecule has 1 aliphatic rings. The second kappa shape index (κ2) is 5.09. The van der Waals surface area contributed by atoms with E-state index in [1.54, 1.807) is 28.2 Å². The molecular weight excluding hydrogens is 262 g/mol. The number of hydrazine groups is 1. The predicted octanol–water partition coefficient (Wildman–Crippen LogP) is -1.72. The van der Waals surface area contributed by atoms with E-state index < -0.39 is 0 Å². The van der Waals surface area contributed by atoms with Gasteiger partial charge in [0.2, 0.25) is 23.8 Å². The van der Waals surface area contributed by atoms with Gasteiger partial charge in [0.15, 0.2) is 0 Å². The zero-order valence-electron chi connectivity index (χ0n) is 10.5. The Morgan fingerprint density at radius 3 is 2.85 bits per heavy atom. The number of nitrogens with one attached hydrogen (secondary N) is 2. The molecule has 10 nitrogen and oxygen atoms in total. The van der Waals surface area contributed by atoms with E-state index in [4.69, 9.17) is 5.84 Å². The van der Waals surface area contributed by atoms with Crippen molar-refractivity contribution in [3.63, 3.8) is 0 Å². The van der Waals surface area contributed by atoms with E-state index in [-0.39, 0.29) is 18.4 Å². The number of nitrogen functional groups attached to an aromatic ring is 1. The van der Waals surface area contributed by atoms with Gasteiger partial charge in [0, 0.05) is 25.5 Å². The van der Waals surface area contributed by atoms with Gasteiger partial charge in [-0.15, -0.1) is 0 Å². The van der Waals surface area contributed by atoms with E-state index in [0.717, 1.165) is 0 Å². The minimum absolute atomic E-state index is 0.0666. The summed E-state index contributed by atoms with van der Waals surface area (Å²) in [5.41, 5.74) is 2.40. The molecule has 1 amide bonds. The van der Waals surface area contributed by atoms with Gasteiger partial charge < -0.3 is 10.2 Å². The monoisotopic (exact) mass is 275 g/mol. The number of nitrogens with zero attached hydrogens (tertiary/aromatic N) is 6. The highest BCUT2D eigenvalue weighted by atomic mass is 16.2. The molecule has 4 N–H and O–H groups in total. The molecule has 0 aromatic carbocycles. The van der Waals surface area contributed by atoms with E-state index in [9.17, 15) is 4.79 Å². The summed E-state index contributed by atoms with van der Waals surface area (Å²) in [6.07, 6.45) is 4.90. The van der Waals surface area contributed by atoms with Crippen LogP contribution >= 0.6 is 0 Å². The second-order valence-electron chi connectivity index (χ2n) is 4.14. The molecule has 0 radical (unpaired) electrons. The molecule has 0 saturated carbocycles. The first-order chi connectivity index (χ1) is 9.76. The lowest BCUT2D eigenvalue weighted by molar-refractivity contribution is -0.120. The molecule has 2 aromatic rings. The number of anilines is 2. The number of carbonyl (C=O) groups excluding carboxylic acids is 1. The highest BCUT2D eigenvalue weighted by molar-refractivity contribution is 5.81. The van der Waals surface area contributed by atoms with Crippen LogP contribution in [0.1, 0.15) is 0 Å². The third-order valence-electron chi connectivity index (χ3n) is 2.80. The molecule has 3 rings (SSSR count). The van der Waals surface area contributed by atoms with Crippen LogP contribution < -0.4 is 21.5 Å². The summed E-state index contributed by atoms with van der Waals surface area (Å²) in [5, 5.41) is 2.75. The standard InChI is InChI=1S/C10H13N9O/c11-17-8-14-9(18-4-2-13-7(20)5-18)16-10(15-8)19-3-1-12-6-19/h1,3,6H,2,4-5,11H2,(H,13,20)(H,14,15,16,17). The fraction of sp³-hybridized carbons (Fsp3) is 0.300. The van der Waals surface area contributed by atoms with Crippen molar-refractivity contribution in [2.24, 2.45) is 5.84 Å². The van der Waals surface area contributed by atoms with Crippen LogP contribution in [0.5, 0.6) is 0 Å². The molecule has 1 fully saturated rings. The average molecular weight is 275 g/mol. The van der Waals surface area contributed by atoms with Crippen molar-refractivity contribution >= 4 is 17.8 Å². The molecule has 10 heteroatoms. The zero-order chi connectivity index (χ0) is 13.9. The Morgan fingerprint density at radius 2 is 2.15 bits per heavy atom. The Hall–Kier alpha value is -2.75. The van der Waals surface area contributed by atoms with E-state index in [0.29, 0.717) is 25.0 Å². The molecule has 2 aromatic heterocycles. The van der Waals surface area contributed by atoms with Crippen LogP contribution in [0.25, 0.3) is 5.95 Å². The van der Waals surface area contributed by atoms with Gasteiger partial charge in [0.1, 0.15) is 6.33 Å². The lowest BCUT2D eigenvalue weighted by atomic mass is 10.4. The third-order valence-corrected chi connectivity index (χ3v) is 2.80. The van der Waals surface area contributed by atoms with Gasteiger partial charge in [-0.2, -0.15) is 15.0 Å². The lowest BCUT2D eigenvalue weighted by Gasteiger charge is -2.26. The van der Waals surface area contributed by atoms with Gasteiger partial charge in [0.05, 0.1) is 6.54 Å². The van der Waals surface area contributed by atoms with E-state index in [1.807, 2.05) is 0 Å². The number of carbonyl (C=O) groups is 1. The molecule has 1 saturated heterocycles. The number of hydrogen-bond acceptors (Lipinski definition) is 8.